The molecule has 1 atom stereocenters. The van der Waals surface area contributed by atoms with E-state index in [0.717, 1.165) is 0 Å². The SMILES string of the molecule is CNS(=O)(=O)c1cc(C(=O)NC(C)(CN)CC(C)C)ccc1OC. The van der Waals surface area contributed by atoms with E-state index in [4.69, 9.17) is 10.5 Å². The lowest BCUT2D eigenvalue weighted by atomic mass is 9.90. The van der Waals surface area contributed by atoms with Crippen LogP contribution in [0.5, 0.6) is 5.75 Å². The van der Waals surface area contributed by atoms with Crippen LogP contribution in [-0.2, 0) is 10.0 Å². The zero-order valence-electron chi connectivity index (χ0n) is 14.8. The Morgan fingerprint density at radius 2 is 2.00 bits per heavy atom. The molecule has 0 spiro atoms. The van der Waals surface area contributed by atoms with E-state index in [9.17, 15) is 13.2 Å². The molecule has 0 aliphatic carbocycles. The molecule has 0 fully saturated rings. The van der Waals surface area contributed by atoms with Crippen molar-refractivity contribution in [1.29, 1.82) is 0 Å². The third kappa shape index (κ3) is 4.93. The summed E-state index contributed by atoms with van der Waals surface area (Å²) >= 11 is 0. The minimum absolute atomic E-state index is 0.0848. The number of nitrogens with two attached hydrogens (primary N) is 1. The van der Waals surface area contributed by atoms with Gasteiger partial charge in [0.1, 0.15) is 10.6 Å². The Hall–Kier alpha value is -1.64. The van der Waals surface area contributed by atoms with Gasteiger partial charge in [-0.25, -0.2) is 13.1 Å². The van der Waals surface area contributed by atoms with Crippen LogP contribution in [0.25, 0.3) is 0 Å². The maximum atomic E-state index is 12.5. The van der Waals surface area contributed by atoms with Gasteiger partial charge in [-0.3, -0.25) is 4.79 Å². The first-order chi connectivity index (χ1) is 11.1. The van der Waals surface area contributed by atoms with E-state index in [2.05, 4.69) is 10.0 Å². The lowest BCUT2D eigenvalue weighted by Gasteiger charge is -2.31. The summed E-state index contributed by atoms with van der Waals surface area (Å²) in [6.07, 6.45) is 0.715. The van der Waals surface area contributed by atoms with Crippen molar-refractivity contribution in [3.8, 4) is 5.75 Å². The average Bonchev–Trinajstić information content (AvgIpc) is 2.53. The second-order valence-electron chi connectivity index (χ2n) is 6.39. The molecule has 1 rings (SSSR count). The Morgan fingerprint density at radius 3 is 2.46 bits per heavy atom. The number of carbonyl (C=O) groups is 1. The van der Waals surface area contributed by atoms with Crippen LogP contribution in [-0.4, -0.2) is 40.6 Å². The van der Waals surface area contributed by atoms with Gasteiger partial charge in [-0.05, 0) is 44.5 Å². The summed E-state index contributed by atoms with van der Waals surface area (Å²) in [6, 6.07) is 4.28. The normalized spacial score (nSPS) is 14.3. The molecule has 0 heterocycles. The summed E-state index contributed by atoms with van der Waals surface area (Å²) in [6.45, 7) is 6.25. The summed E-state index contributed by atoms with van der Waals surface area (Å²) < 4.78 is 31.5. The molecule has 1 unspecified atom stereocenters. The molecule has 0 saturated carbocycles. The molecule has 136 valence electrons. The standard InChI is InChI=1S/C16H27N3O4S/c1-11(2)9-16(3,10-17)19-15(20)12-6-7-13(23-5)14(8-12)24(21,22)18-4/h6-8,11,18H,9-10,17H2,1-5H3,(H,19,20). The Labute approximate surface area is 144 Å². The Kier molecular flexibility index (Phi) is 6.76. The molecule has 1 aromatic carbocycles. The molecule has 0 aliphatic rings. The molecule has 0 bridgehead atoms. The third-order valence-corrected chi connectivity index (χ3v) is 5.14. The summed E-state index contributed by atoms with van der Waals surface area (Å²) in [7, 11) is -1.07. The smallest absolute Gasteiger partial charge is 0.251 e. The van der Waals surface area contributed by atoms with Crippen molar-refractivity contribution in [3.63, 3.8) is 0 Å². The van der Waals surface area contributed by atoms with E-state index in [1.165, 1.54) is 32.4 Å². The Morgan fingerprint density at radius 1 is 1.38 bits per heavy atom. The van der Waals surface area contributed by atoms with Gasteiger partial charge in [-0.1, -0.05) is 13.8 Å². The first kappa shape index (κ1) is 20.4. The molecule has 7 nitrogen and oxygen atoms in total. The van der Waals surface area contributed by atoms with Gasteiger partial charge in [0.05, 0.1) is 7.11 Å². The highest BCUT2D eigenvalue weighted by atomic mass is 32.2. The lowest BCUT2D eigenvalue weighted by Crippen LogP contribution is -2.52. The van der Waals surface area contributed by atoms with Crippen molar-refractivity contribution >= 4 is 15.9 Å². The van der Waals surface area contributed by atoms with Crippen molar-refractivity contribution in [3.05, 3.63) is 23.8 Å². The number of rotatable bonds is 8. The quantitative estimate of drug-likeness (QED) is 0.645. The van der Waals surface area contributed by atoms with Gasteiger partial charge in [-0.2, -0.15) is 0 Å². The van der Waals surface area contributed by atoms with Crippen LogP contribution >= 0.6 is 0 Å². The Bertz CT molecular complexity index is 689. The first-order valence-corrected chi connectivity index (χ1v) is 9.21. The molecule has 1 amide bonds. The van der Waals surface area contributed by atoms with Gasteiger partial charge < -0.3 is 15.8 Å². The fourth-order valence-corrected chi connectivity index (χ4v) is 3.49. The maximum Gasteiger partial charge on any atom is 0.251 e. The number of sulfonamides is 1. The summed E-state index contributed by atoms with van der Waals surface area (Å²) in [5.74, 6) is 0.151. The minimum atomic E-state index is -3.74. The molecule has 0 radical (unpaired) electrons. The van der Waals surface area contributed by atoms with Gasteiger partial charge >= 0.3 is 0 Å². The highest BCUT2D eigenvalue weighted by molar-refractivity contribution is 7.89. The molecule has 8 heteroatoms. The predicted octanol–water partition coefficient (Wildman–Crippen LogP) is 1.10. The number of carbonyl (C=O) groups excluding carboxylic acids is 1. The van der Waals surface area contributed by atoms with Crippen LogP contribution in [0.3, 0.4) is 0 Å². The van der Waals surface area contributed by atoms with Crippen molar-refractivity contribution in [2.24, 2.45) is 11.7 Å². The van der Waals surface area contributed by atoms with Crippen LogP contribution in [0.4, 0.5) is 0 Å². The summed E-state index contributed by atoms with van der Waals surface area (Å²) in [5.41, 5.74) is 5.47. The number of amides is 1. The number of ether oxygens (including phenoxy) is 1. The minimum Gasteiger partial charge on any atom is -0.495 e. The van der Waals surface area contributed by atoms with Crippen LogP contribution in [0.15, 0.2) is 23.1 Å². The fraction of sp³-hybridized carbons (Fsp3) is 0.562. The van der Waals surface area contributed by atoms with Crippen LogP contribution in [0.2, 0.25) is 0 Å². The number of hydrogen-bond acceptors (Lipinski definition) is 5. The molecule has 24 heavy (non-hydrogen) atoms. The molecule has 1 aromatic rings. The number of nitrogens with one attached hydrogen (secondary N) is 2. The first-order valence-electron chi connectivity index (χ1n) is 7.72. The number of hydrogen-bond donors (Lipinski definition) is 3. The van der Waals surface area contributed by atoms with Gasteiger partial charge in [0.2, 0.25) is 10.0 Å². The van der Waals surface area contributed by atoms with E-state index in [0.29, 0.717) is 12.3 Å². The van der Waals surface area contributed by atoms with Gasteiger partial charge in [0.15, 0.2) is 0 Å². The van der Waals surface area contributed by atoms with Crippen molar-refractivity contribution < 1.29 is 17.9 Å². The van der Waals surface area contributed by atoms with Crippen LogP contribution in [0.1, 0.15) is 37.6 Å². The average molecular weight is 357 g/mol. The highest BCUT2D eigenvalue weighted by Gasteiger charge is 2.27. The van der Waals surface area contributed by atoms with Gasteiger partial charge in [0, 0.05) is 17.6 Å². The molecular weight excluding hydrogens is 330 g/mol. The summed E-state index contributed by atoms with van der Waals surface area (Å²) in [5, 5.41) is 2.90. The third-order valence-electron chi connectivity index (χ3n) is 3.71. The van der Waals surface area contributed by atoms with Crippen molar-refractivity contribution in [1.82, 2.24) is 10.0 Å². The van der Waals surface area contributed by atoms with Crippen LogP contribution < -0.4 is 20.5 Å². The van der Waals surface area contributed by atoms with Gasteiger partial charge in [0.25, 0.3) is 5.91 Å². The largest absolute Gasteiger partial charge is 0.495 e. The van der Waals surface area contributed by atoms with Crippen LogP contribution in [0, 0.1) is 5.92 Å². The van der Waals surface area contributed by atoms with Crippen molar-refractivity contribution in [2.75, 3.05) is 20.7 Å². The zero-order valence-corrected chi connectivity index (χ0v) is 15.7. The molecular formula is C16H27N3O4S. The highest BCUT2D eigenvalue weighted by Crippen LogP contribution is 2.25. The van der Waals surface area contributed by atoms with E-state index < -0.39 is 15.6 Å². The van der Waals surface area contributed by atoms with Crippen molar-refractivity contribution in [2.45, 2.75) is 37.6 Å². The number of benzene rings is 1. The fourth-order valence-electron chi connectivity index (χ4n) is 2.57. The van der Waals surface area contributed by atoms with E-state index >= 15 is 0 Å². The summed E-state index contributed by atoms with van der Waals surface area (Å²) in [4.78, 5) is 12.5. The second-order valence-corrected chi connectivity index (χ2v) is 8.25. The second kappa shape index (κ2) is 7.96. The molecule has 0 aliphatic heterocycles. The van der Waals surface area contributed by atoms with Gasteiger partial charge in [-0.15, -0.1) is 0 Å². The lowest BCUT2D eigenvalue weighted by molar-refractivity contribution is 0.0898. The van der Waals surface area contributed by atoms with E-state index in [1.54, 1.807) is 0 Å². The maximum absolute atomic E-state index is 12.5. The monoisotopic (exact) mass is 357 g/mol. The zero-order chi connectivity index (χ0) is 18.5. The Balaban J connectivity index is 3.19. The van der Waals surface area contributed by atoms with E-state index in [-0.39, 0.29) is 28.7 Å². The molecule has 0 saturated heterocycles. The predicted molar refractivity (Wildman–Crippen MR) is 93.6 cm³/mol. The van der Waals surface area contributed by atoms with E-state index in [1.807, 2.05) is 20.8 Å². The topological polar surface area (TPSA) is 111 Å². The number of methoxy groups -OCH3 is 1. The molecule has 4 N–H and O–H groups in total. The molecule has 0 aromatic heterocycles.